The topological polar surface area (TPSA) is 49.4 Å². The molecule has 3 amide bonds. The van der Waals surface area contributed by atoms with E-state index < -0.39 is 5.54 Å². The van der Waals surface area contributed by atoms with Crippen LogP contribution in [-0.4, -0.2) is 40.4 Å². The van der Waals surface area contributed by atoms with Gasteiger partial charge in [0.15, 0.2) is 0 Å². The second-order valence-corrected chi connectivity index (χ2v) is 6.09. The van der Waals surface area contributed by atoms with Gasteiger partial charge in [-0.15, -0.1) is 0 Å². The van der Waals surface area contributed by atoms with Crippen LogP contribution in [0.4, 0.5) is 4.79 Å². The summed E-state index contributed by atoms with van der Waals surface area (Å²) in [5.41, 5.74) is -0.510. The fourth-order valence-corrected chi connectivity index (χ4v) is 3.45. The summed E-state index contributed by atoms with van der Waals surface area (Å²) in [7, 11) is 0. The molecule has 0 atom stereocenters. The molecule has 2 rings (SSSR count). The van der Waals surface area contributed by atoms with Crippen LogP contribution in [0.1, 0.15) is 39.0 Å². The number of amides is 3. The summed E-state index contributed by atoms with van der Waals surface area (Å²) in [5.74, 6) is 1.90. The predicted molar refractivity (Wildman–Crippen MR) is 69.1 cm³/mol. The molecule has 1 heterocycles. The molecule has 0 radical (unpaired) electrons. The van der Waals surface area contributed by atoms with E-state index in [0.29, 0.717) is 6.54 Å². The molecule has 0 aromatic rings. The zero-order valence-corrected chi connectivity index (χ0v) is 11.1. The van der Waals surface area contributed by atoms with Crippen molar-refractivity contribution in [3.63, 3.8) is 0 Å². The number of nitrogens with one attached hydrogen (secondary N) is 1. The summed E-state index contributed by atoms with van der Waals surface area (Å²) >= 11 is 1.81. The Bertz CT molecular complexity index is 314. The number of hydrogen-bond acceptors (Lipinski definition) is 3. The minimum atomic E-state index is -0.510. The van der Waals surface area contributed by atoms with E-state index in [1.807, 2.05) is 11.8 Å². The molecular formula is C12H20N2O2S. The highest BCUT2D eigenvalue weighted by molar-refractivity contribution is 7.99. The lowest BCUT2D eigenvalue weighted by Gasteiger charge is -2.38. The number of carbonyl (C=O) groups excluding carboxylic acids is 2. The monoisotopic (exact) mass is 256 g/mol. The minimum Gasteiger partial charge on any atom is -0.309 e. The number of rotatable bonds is 4. The fraction of sp³-hybridized carbons (Fsp3) is 0.833. The lowest BCUT2D eigenvalue weighted by Crippen LogP contribution is -2.51. The highest BCUT2D eigenvalue weighted by Crippen LogP contribution is 2.37. The maximum absolute atomic E-state index is 12.0. The normalized spacial score (nSPS) is 23.2. The van der Waals surface area contributed by atoms with Gasteiger partial charge in [0.1, 0.15) is 5.54 Å². The molecule has 1 aliphatic carbocycles. The zero-order valence-electron chi connectivity index (χ0n) is 10.3. The first-order valence-corrected chi connectivity index (χ1v) is 7.57. The lowest BCUT2D eigenvalue weighted by atomic mass is 9.80. The molecule has 0 aromatic heterocycles. The molecule has 0 bridgehead atoms. The molecule has 2 aliphatic rings. The van der Waals surface area contributed by atoms with Crippen LogP contribution < -0.4 is 5.32 Å². The van der Waals surface area contributed by atoms with Gasteiger partial charge >= 0.3 is 6.03 Å². The van der Waals surface area contributed by atoms with E-state index in [2.05, 4.69) is 12.2 Å². The molecule has 2 fully saturated rings. The molecular weight excluding hydrogens is 236 g/mol. The summed E-state index contributed by atoms with van der Waals surface area (Å²) in [6.07, 6.45) is 4.96. The lowest BCUT2D eigenvalue weighted by molar-refractivity contribution is -0.128. The minimum absolute atomic E-state index is 0.0660. The number of nitrogens with zero attached hydrogens (tertiary/aromatic N) is 1. The van der Waals surface area contributed by atoms with Gasteiger partial charge in [0.25, 0.3) is 5.91 Å². The second-order valence-electron chi connectivity index (χ2n) is 4.70. The van der Waals surface area contributed by atoms with E-state index in [4.69, 9.17) is 0 Å². The molecule has 0 unspecified atom stereocenters. The third-order valence-corrected chi connectivity index (χ3v) is 4.63. The molecule has 17 heavy (non-hydrogen) atoms. The van der Waals surface area contributed by atoms with Gasteiger partial charge in [0.2, 0.25) is 0 Å². The van der Waals surface area contributed by atoms with Crippen LogP contribution in [0.5, 0.6) is 0 Å². The molecule has 4 nitrogen and oxygen atoms in total. The molecule has 1 N–H and O–H groups in total. The van der Waals surface area contributed by atoms with Crippen molar-refractivity contribution in [2.45, 2.75) is 44.6 Å². The Morgan fingerprint density at radius 1 is 1.29 bits per heavy atom. The number of carbonyl (C=O) groups is 2. The maximum Gasteiger partial charge on any atom is 0.325 e. The third kappa shape index (κ3) is 2.30. The summed E-state index contributed by atoms with van der Waals surface area (Å²) in [4.78, 5) is 25.7. The Labute approximate surface area is 106 Å². The van der Waals surface area contributed by atoms with Crippen molar-refractivity contribution in [1.29, 1.82) is 0 Å². The number of hydrogen-bond donors (Lipinski definition) is 1. The Balaban J connectivity index is 2.08. The molecule has 1 spiro atoms. The highest BCUT2D eigenvalue weighted by Gasteiger charge is 2.52. The van der Waals surface area contributed by atoms with Crippen molar-refractivity contribution >= 4 is 23.7 Å². The average Bonchev–Trinajstić information content (AvgIpc) is 2.55. The van der Waals surface area contributed by atoms with Crippen molar-refractivity contribution in [3.8, 4) is 0 Å². The molecule has 1 saturated carbocycles. The smallest absolute Gasteiger partial charge is 0.309 e. The molecule has 96 valence electrons. The summed E-state index contributed by atoms with van der Waals surface area (Å²) in [6.45, 7) is 2.80. The van der Waals surface area contributed by atoms with Gasteiger partial charge in [-0.3, -0.25) is 10.1 Å². The third-order valence-electron chi connectivity index (χ3n) is 3.75. The van der Waals surface area contributed by atoms with Crippen molar-refractivity contribution < 1.29 is 9.59 Å². The maximum atomic E-state index is 12.0. The number of thioether (sulfide) groups is 1. The van der Waals surface area contributed by atoms with Gasteiger partial charge in [-0.1, -0.05) is 26.2 Å². The molecule has 1 saturated heterocycles. The summed E-state index contributed by atoms with van der Waals surface area (Å²) in [5, 5.41) is 2.49. The Kier molecular flexibility index (Phi) is 3.97. The van der Waals surface area contributed by atoms with Crippen LogP contribution in [0, 0.1) is 0 Å². The summed E-state index contributed by atoms with van der Waals surface area (Å²) in [6, 6.07) is -0.186. The Morgan fingerprint density at radius 3 is 2.65 bits per heavy atom. The van der Waals surface area contributed by atoms with Crippen molar-refractivity contribution in [3.05, 3.63) is 0 Å². The van der Waals surface area contributed by atoms with Crippen molar-refractivity contribution in [2.75, 3.05) is 18.1 Å². The first-order valence-electron chi connectivity index (χ1n) is 6.41. The van der Waals surface area contributed by atoms with Gasteiger partial charge in [-0.05, 0) is 18.6 Å². The quantitative estimate of drug-likeness (QED) is 0.618. The van der Waals surface area contributed by atoms with Crippen molar-refractivity contribution in [1.82, 2.24) is 10.2 Å². The standard InChI is InChI=1S/C12H20N2O2S/c1-2-17-9-8-14-11(16)13-10(15)12(14)6-4-3-5-7-12/h2-9H2,1H3,(H,13,15,16). The van der Waals surface area contributed by atoms with E-state index in [-0.39, 0.29) is 11.9 Å². The highest BCUT2D eigenvalue weighted by atomic mass is 32.2. The molecule has 1 aliphatic heterocycles. The van der Waals surface area contributed by atoms with Crippen LogP contribution in [0.2, 0.25) is 0 Å². The first kappa shape index (κ1) is 12.7. The average molecular weight is 256 g/mol. The summed E-state index contributed by atoms with van der Waals surface area (Å²) < 4.78 is 0. The largest absolute Gasteiger partial charge is 0.325 e. The van der Waals surface area contributed by atoms with E-state index in [1.165, 1.54) is 6.42 Å². The van der Waals surface area contributed by atoms with Gasteiger partial charge in [0.05, 0.1) is 0 Å². The zero-order chi connectivity index (χ0) is 12.3. The van der Waals surface area contributed by atoms with Gasteiger partial charge in [0, 0.05) is 12.3 Å². The number of urea groups is 1. The SMILES string of the molecule is CCSCCN1C(=O)NC(=O)C12CCCCC2. The van der Waals surface area contributed by atoms with Crippen LogP contribution in [0.15, 0.2) is 0 Å². The van der Waals surface area contributed by atoms with E-state index in [1.54, 1.807) is 4.90 Å². The molecule has 5 heteroatoms. The first-order chi connectivity index (χ1) is 8.20. The number of imide groups is 1. The van der Waals surface area contributed by atoms with Crippen molar-refractivity contribution in [2.24, 2.45) is 0 Å². The van der Waals surface area contributed by atoms with Crippen LogP contribution in [0.3, 0.4) is 0 Å². The Morgan fingerprint density at radius 2 is 2.00 bits per heavy atom. The van der Waals surface area contributed by atoms with Gasteiger partial charge < -0.3 is 4.90 Å². The van der Waals surface area contributed by atoms with Gasteiger partial charge in [-0.2, -0.15) is 11.8 Å². The van der Waals surface area contributed by atoms with E-state index in [0.717, 1.165) is 37.2 Å². The fourth-order valence-electron chi connectivity index (χ4n) is 2.85. The Hall–Kier alpha value is -0.710. The predicted octanol–water partition coefficient (Wildman–Crippen LogP) is 1.99. The van der Waals surface area contributed by atoms with E-state index in [9.17, 15) is 9.59 Å². The van der Waals surface area contributed by atoms with Crippen LogP contribution in [0.25, 0.3) is 0 Å². The van der Waals surface area contributed by atoms with Gasteiger partial charge in [-0.25, -0.2) is 4.79 Å². The second kappa shape index (κ2) is 5.29. The van der Waals surface area contributed by atoms with Crippen LogP contribution in [-0.2, 0) is 4.79 Å². The molecule has 0 aromatic carbocycles. The van der Waals surface area contributed by atoms with Crippen LogP contribution >= 0.6 is 11.8 Å². The van der Waals surface area contributed by atoms with E-state index >= 15 is 0 Å².